The molecule has 6 aliphatic rings. The van der Waals surface area contributed by atoms with Gasteiger partial charge in [-0.15, -0.1) is 15.3 Å². The molecule has 0 radical (unpaired) electrons. The Balaban J connectivity index is 0.000000146. The summed E-state index contributed by atoms with van der Waals surface area (Å²) in [5, 5.41) is 50.3. The Kier molecular flexibility index (Phi) is 23.7. The van der Waals surface area contributed by atoms with Crippen molar-refractivity contribution < 1.29 is 59.4 Å². The number of aromatic nitrogens is 18. The summed E-state index contributed by atoms with van der Waals surface area (Å²) in [7, 11) is 4.25. The molecular weight excluding hydrogens is 1530 g/mol. The molecule has 8 N–H and O–H groups in total. The van der Waals surface area contributed by atoms with Crippen LogP contribution in [0.2, 0.25) is 0 Å². The van der Waals surface area contributed by atoms with E-state index in [2.05, 4.69) is 98.8 Å². The third-order valence-corrected chi connectivity index (χ3v) is 24.0. The molecule has 30 nitrogen and oxygen atoms in total. The Labute approximate surface area is 678 Å². The van der Waals surface area contributed by atoms with Gasteiger partial charge in [-0.3, -0.25) is 18.8 Å². The van der Waals surface area contributed by atoms with Gasteiger partial charge >= 0.3 is 23.1 Å². The number of piperidine rings is 3. The minimum absolute atomic E-state index is 0. The molecule has 113 heavy (non-hydrogen) atoms. The number of hydrogen-bond donors (Lipinski definition) is 5. The molecule has 0 bridgehead atoms. The first-order valence-corrected chi connectivity index (χ1v) is 38.3. The maximum absolute atomic E-state index is 14.5. The molecule has 3 saturated heterocycles. The van der Waals surface area contributed by atoms with E-state index >= 15 is 0 Å². The monoisotopic (exact) mass is 1630 g/mol. The summed E-state index contributed by atoms with van der Waals surface area (Å²) >= 11 is 0. The number of Topliss-reactive ketones (excluding diaryl/α,β-unsaturated/α-hetero) is 1. The van der Waals surface area contributed by atoms with E-state index < -0.39 is 28.7 Å². The molecule has 12 heterocycles. The topological polar surface area (TPSA) is 356 Å². The molecule has 3 aliphatic carbocycles. The van der Waals surface area contributed by atoms with Gasteiger partial charge in [-0.2, -0.15) is 28.8 Å². The molecule has 18 rings (SSSR count). The van der Waals surface area contributed by atoms with Crippen LogP contribution < -0.4 is 63.1 Å². The standard InChI is InChI=1S/2C26H33FN8O2.C25H29FN8O2.CH3.BrH.Mg/c2*1-15-4-5-16(13-33(15)18-12-29-34(14-18)17-6-8-26(2,36)9-7-17)23-31-24-19-10-20(27)22(37-3)11-21(19)30-25(28)35(24)32-23;1-14-3-4-15(12-32(14)17-11-28-33(13-17)16-5-7-18(35)8-6-16)23-30-24-19-9-20(26)22(36-2)10-21(19)29-25(27)34(24)31-23;;;/h2*10-12,14-17,36H,4-9,13H2,1-3H3,(H2,28,30);9-11,13-16H,3-8,12H2,1-2H3,(H2,27,29);1H3;1H;/q;;;-1;;+2/p-1. The fourth-order valence-corrected chi connectivity index (χ4v) is 17.2. The molecule has 596 valence electrons. The van der Waals surface area contributed by atoms with Crippen LogP contribution in [0.4, 0.5) is 48.1 Å². The second-order valence-corrected chi connectivity index (χ2v) is 31.6. The summed E-state index contributed by atoms with van der Waals surface area (Å²) < 4.78 is 69.4. The maximum atomic E-state index is 14.5. The summed E-state index contributed by atoms with van der Waals surface area (Å²) in [4.78, 5) is 46.3. The number of methoxy groups -OCH3 is 3. The molecule has 3 aliphatic heterocycles. The summed E-state index contributed by atoms with van der Waals surface area (Å²) in [5.41, 5.74) is 23.7. The minimum atomic E-state index is -0.565. The van der Waals surface area contributed by atoms with Gasteiger partial charge in [0.15, 0.2) is 69.1 Å². The van der Waals surface area contributed by atoms with Crippen molar-refractivity contribution in [3.63, 3.8) is 0 Å². The van der Waals surface area contributed by atoms with E-state index in [-0.39, 0.29) is 106 Å². The van der Waals surface area contributed by atoms with Crippen LogP contribution >= 0.6 is 0 Å². The fourth-order valence-electron chi connectivity index (χ4n) is 17.2. The number of hydrogen-bond acceptors (Lipinski definition) is 24. The molecule has 0 amide bonds. The van der Waals surface area contributed by atoms with Crippen LogP contribution in [0.25, 0.3) is 49.7 Å². The van der Waals surface area contributed by atoms with E-state index in [1.807, 2.05) is 37.1 Å². The number of ketones is 1. The van der Waals surface area contributed by atoms with Gasteiger partial charge in [0.1, 0.15) is 5.78 Å². The summed E-state index contributed by atoms with van der Waals surface area (Å²) in [5.74, 6) is 2.08. The second kappa shape index (κ2) is 32.8. The zero-order valence-corrected chi connectivity index (χ0v) is 68.3. The zero-order chi connectivity index (χ0) is 76.8. The van der Waals surface area contributed by atoms with E-state index in [0.29, 0.717) is 116 Å². The van der Waals surface area contributed by atoms with Gasteiger partial charge in [0, 0.05) is 121 Å². The van der Waals surface area contributed by atoms with Crippen LogP contribution in [0.3, 0.4) is 0 Å². The first kappa shape index (κ1) is 81.6. The Bertz CT molecular complexity index is 5200. The smallest absolute Gasteiger partial charge is 1.00 e. The number of benzene rings is 3. The number of nitrogens with two attached hydrogens (primary N) is 3. The van der Waals surface area contributed by atoms with Crippen molar-refractivity contribution >= 4 is 113 Å². The third kappa shape index (κ3) is 16.3. The molecule has 35 heteroatoms. The van der Waals surface area contributed by atoms with Crippen molar-refractivity contribution in [2.75, 3.05) is 72.9 Å². The van der Waals surface area contributed by atoms with Crippen LogP contribution in [0.15, 0.2) is 73.6 Å². The fraction of sp³-hybridized carbons (Fsp3) is 0.513. The van der Waals surface area contributed by atoms with Crippen molar-refractivity contribution in [2.24, 2.45) is 0 Å². The number of fused-ring (bicyclic) bond motifs is 9. The molecule has 3 saturated carbocycles. The molecule has 6 atom stereocenters. The van der Waals surface area contributed by atoms with Gasteiger partial charge in [0.2, 0.25) is 17.8 Å². The van der Waals surface area contributed by atoms with Crippen molar-refractivity contribution in [1.29, 1.82) is 0 Å². The van der Waals surface area contributed by atoms with E-state index in [4.69, 9.17) is 56.6 Å². The summed E-state index contributed by atoms with van der Waals surface area (Å²) in [6.07, 6.45) is 27.7. The average Bonchev–Trinajstić information content (AvgIpc) is 1.71. The number of anilines is 6. The summed E-state index contributed by atoms with van der Waals surface area (Å²) in [6, 6.07) is 10.7. The number of carbonyl (C=O) groups is 1. The van der Waals surface area contributed by atoms with Crippen molar-refractivity contribution in [2.45, 2.75) is 215 Å². The number of nitrogens with zero attached hydrogens (tertiary/aromatic N) is 21. The van der Waals surface area contributed by atoms with Gasteiger partial charge in [-0.1, -0.05) is 0 Å². The zero-order valence-electron chi connectivity index (χ0n) is 65.3. The number of rotatable bonds is 12. The van der Waals surface area contributed by atoms with E-state index in [1.54, 1.807) is 0 Å². The van der Waals surface area contributed by atoms with Gasteiger partial charge in [0.25, 0.3) is 0 Å². The van der Waals surface area contributed by atoms with Gasteiger partial charge < -0.3 is 80.7 Å². The molecule has 9 aromatic heterocycles. The molecule has 3 aromatic carbocycles. The average molecular weight is 1630 g/mol. The van der Waals surface area contributed by atoms with Gasteiger partial charge in [0.05, 0.1) is 103 Å². The normalized spacial score (nSPS) is 24.4. The SMILES string of the molecule is COc1cc2nc(N)n3nc(C4CCC(C)N(c5cnn(C6CCC(=O)CC6)c5)C4)nc3c2cc1F.COc1cc2nc(N)n3nc(C4CCC(C)N(c5cnn(C6CCC(C)(O)CC6)c5)C4)nc3c2cc1F.COc1cc2nc(N)n3nc(C4CCC(C)N(c5cnn(C6CCC(C)(O)CC6)c5)C4)nc3c2cc1F.[Br-].[CH3-].[Mg+2]. The molecule has 6 fully saturated rings. The van der Waals surface area contributed by atoms with Gasteiger partial charge in [-0.25, -0.2) is 43.1 Å². The number of nitrogen functional groups attached to an aromatic ring is 3. The van der Waals surface area contributed by atoms with Crippen LogP contribution in [0, 0.1) is 24.9 Å². The molecule has 12 aromatic rings. The van der Waals surface area contributed by atoms with E-state index in [0.717, 1.165) is 139 Å². The van der Waals surface area contributed by atoms with E-state index in [1.165, 1.54) is 71.3 Å². The summed E-state index contributed by atoms with van der Waals surface area (Å²) in [6.45, 7) is 12.7. The van der Waals surface area contributed by atoms with Gasteiger partial charge in [-0.05, 0) is 156 Å². The molecular formula is C78H98BrF3MgN24O6. The first-order chi connectivity index (χ1) is 52.8. The number of ether oxygens (including phenoxy) is 3. The third-order valence-electron chi connectivity index (χ3n) is 24.0. The van der Waals surface area contributed by atoms with Crippen molar-refractivity contribution in [1.82, 2.24) is 88.1 Å². The van der Waals surface area contributed by atoms with Crippen molar-refractivity contribution in [3.05, 3.63) is 116 Å². The van der Waals surface area contributed by atoms with Crippen LogP contribution in [-0.2, 0) is 4.79 Å². The molecule has 0 spiro atoms. The Morgan fingerprint density at radius 2 is 0.726 bits per heavy atom. The maximum Gasteiger partial charge on any atom is 2.00 e. The Morgan fingerprint density at radius 3 is 1.01 bits per heavy atom. The predicted molar refractivity (Wildman–Crippen MR) is 422 cm³/mol. The van der Waals surface area contributed by atoms with Crippen LogP contribution in [-0.4, -0.2) is 197 Å². The number of aliphatic hydroxyl groups is 2. The minimum Gasteiger partial charge on any atom is -1.00 e. The quantitative estimate of drug-likeness (QED) is 0.0565. The number of halogens is 4. The second-order valence-electron chi connectivity index (χ2n) is 31.6. The Morgan fingerprint density at radius 1 is 0.442 bits per heavy atom. The van der Waals surface area contributed by atoms with Crippen LogP contribution in [0.1, 0.15) is 204 Å². The largest absolute Gasteiger partial charge is 2.00 e. The predicted octanol–water partition coefficient (Wildman–Crippen LogP) is 8.42. The van der Waals surface area contributed by atoms with Crippen molar-refractivity contribution in [3.8, 4) is 17.2 Å². The number of carbonyl (C=O) groups excluding carboxylic acids is 1. The first-order valence-electron chi connectivity index (χ1n) is 38.3. The van der Waals surface area contributed by atoms with Crippen LogP contribution in [0.5, 0.6) is 17.2 Å². The molecule has 6 unspecified atom stereocenters. The Hall–Kier alpha value is -9.45. The van der Waals surface area contributed by atoms with E-state index in [9.17, 15) is 28.2 Å².